The number of nitrogens with two attached hydrogens (primary N) is 1. The highest BCUT2D eigenvalue weighted by molar-refractivity contribution is 7.99. The molecular weight excluding hydrogens is 318 g/mol. The SMILES string of the molecule is CCNc1nc(NC2CC2)nc(-n2cnc(SCC(N)=O)n2)n1. The number of hydrogen-bond acceptors (Lipinski definition) is 9. The van der Waals surface area contributed by atoms with Crippen molar-refractivity contribution >= 4 is 29.6 Å². The standard InChI is InChI=1S/C12H17N9OS/c1-2-14-9-17-10(16-7-3-4-7)19-11(18-9)21-6-15-12(20-21)23-5-8(13)22/h6-7H,2-5H2,1H3,(H2,13,22)(H2,14,16,17,18,19). The minimum absolute atomic E-state index is 0.123. The second-order valence-electron chi connectivity index (χ2n) is 4.96. The summed E-state index contributed by atoms with van der Waals surface area (Å²) in [6.45, 7) is 2.66. The first-order valence-electron chi connectivity index (χ1n) is 7.23. The smallest absolute Gasteiger partial charge is 0.258 e. The third-order valence-electron chi connectivity index (χ3n) is 2.89. The molecule has 1 aliphatic carbocycles. The normalized spacial score (nSPS) is 13.8. The van der Waals surface area contributed by atoms with Gasteiger partial charge in [0.25, 0.3) is 5.95 Å². The van der Waals surface area contributed by atoms with Crippen molar-refractivity contribution in [2.45, 2.75) is 31.0 Å². The molecular formula is C12H17N9OS. The van der Waals surface area contributed by atoms with Crippen LogP contribution in [0.3, 0.4) is 0 Å². The van der Waals surface area contributed by atoms with Gasteiger partial charge in [0.1, 0.15) is 6.33 Å². The van der Waals surface area contributed by atoms with Crippen LogP contribution in [0.25, 0.3) is 5.95 Å². The molecule has 2 heterocycles. The van der Waals surface area contributed by atoms with Crippen molar-refractivity contribution < 1.29 is 4.79 Å². The Morgan fingerprint density at radius 1 is 1.39 bits per heavy atom. The first kappa shape index (κ1) is 15.5. The lowest BCUT2D eigenvalue weighted by Crippen LogP contribution is -2.14. The minimum Gasteiger partial charge on any atom is -0.369 e. The molecule has 0 atom stereocenters. The zero-order chi connectivity index (χ0) is 16.2. The van der Waals surface area contributed by atoms with Gasteiger partial charge in [-0.1, -0.05) is 11.8 Å². The third kappa shape index (κ3) is 4.28. The highest BCUT2D eigenvalue weighted by Crippen LogP contribution is 2.23. The van der Waals surface area contributed by atoms with E-state index in [0.29, 0.717) is 35.6 Å². The minimum atomic E-state index is -0.420. The number of carbonyl (C=O) groups is 1. The van der Waals surface area contributed by atoms with Crippen LogP contribution in [0.4, 0.5) is 11.9 Å². The molecule has 0 radical (unpaired) electrons. The highest BCUT2D eigenvalue weighted by Gasteiger charge is 2.23. The van der Waals surface area contributed by atoms with Gasteiger partial charge in [0.05, 0.1) is 5.75 Å². The van der Waals surface area contributed by atoms with Crippen LogP contribution in [-0.2, 0) is 4.79 Å². The van der Waals surface area contributed by atoms with Crippen molar-refractivity contribution in [1.29, 1.82) is 0 Å². The van der Waals surface area contributed by atoms with Crippen LogP contribution in [0.5, 0.6) is 0 Å². The molecule has 0 unspecified atom stereocenters. The average Bonchev–Trinajstić information content (AvgIpc) is 3.19. The van der Waals surface area contributed by atoms with Crippen LogP contribution in [0.1, 0.15) is 19.8 Å². The summed E-state index contributed by atoms with van der Waals surface area (Å²) < 4.78 is 1.45. The lowest BCUT2D eigenvalue weighted by Gasteiger charge is -2.08. The summed E-state index contributed by atoms with van der Waals surface area (Å²) >= 11 is 1.16. The summed E-state index contributed by atoms with van der Waals surface area (Å²) in [6.07, 6.45) is 3.73. The fraction of sp³-hybridized carbons (Fsp3) is 0.500. The first-order valence-corrected chi connectivity index (χ1v) is 8.22. The van der Waals surface area contributed by atoms with Gasteiger partial charge >= 0.3 is 0 Å². The van der Waals surface area contributed by atoms with Crippen LogP contribution < -0.4 is 16.4 Å². The molecule has 3 rings (SSSR count). The van der Waals surface area contributed by atoms with E-state index >= 15 is 0 Å². The van der Waals surface area contributed by atoms with Gasteiger partial charge in [-0.25, -0.2) is 4.98 Å². The van der Waals surface area contributed by atoms with Crippen LogP contribution >= 0.6 is 11.8 Å². The van der Waals surface area contributed by atoms with Gasteiger partial charge in [0.15, 0.2) is 0 Å². The fourth-order valence-electron chi connectivity index (χ4n) is 1.73. The van der Waals surface area contributed by atoms with Gasteiger partial charge in [-0.2, -0.15) is 19.6 Å². The van der Waals surface area contributed by atoms with Crippen molar-refractivity contribution in [2.24, 2.45) is 5.73 Å². The molecule has 0 aliphatic heterocycles. The molecule has 11 heteroatoms. The van der Waals surface area contributed by atoms with Crippen molar-refractivity contribution in [1.82, 2.24) is 29.7 Å². The topological polar surface area (TPSA) is 137 Å². The summed E-state index contributed by atoms with van der Waals surface area (Å²) in [7, 11) is 0. The Kier molecular flexibility index (Phi) is 4.55. The van der Waals surface area contributed by atoms with Crippen LogP contribution in [0, 0.1) is 0 Å². The Labute approximate surface area is 136 Å². The average molecular weight is 335 g/mol. The molecule has 122 valence electrons. The number of anilines is 2. The molecule has 2 aromatic rings. The number of hydrogen-bond donors (Lipinski definition) is 3. The summed E-state index contributed by atoms with van der Waals surface area (Å²) in [5, 5.41) is 11.0. The van der Waals surface area contributed by atoms with Crippen molar-refractivity contribution in [3.8, 4) is 5.95 Å². The van der Waals surface area contributed by atoms with Gasteiger partial charge < -0.3 is 16.4 Å². The molecule has 0 saturated heterocycles. The zero-order valence-electron chi connectivity index (χ0n) is 12.6. The molecule has 1 fully saturated rings. The zero-order valence-corrected chi connectivity index (χ0v) is 13.4. The van der Waals surface area contributed by atoms with E-state index in [2.05, 4.69) is 35.7 Å². The van der Waals surface area contributed by atoms with Crippen LogP contribution in [0.2, 0.25) is 0 Å². The van der Waals surface area contributed by atoms with E-state index in [1.54, 1.807) is 0 Å². The number of nitrogens with one attached hydrogen (secondary N) is 2. The van der Waals surface area contributed by atoms with E-state index in [9.17, 15) is 4.79 Å². The van der Waals surface area contributed by atoms with Gasteiger partial charge in [-0.05, 0) is 19.8 Å². The predicted octanol–water partition coefficient (Wildman–Crippen LogP) is 0.0358. The van der Waals surface area contributed by atoms with Gasteiger partial charge in [-0.15, -0.1) is 5.10 Å². The molecule has 23 heavy (non-hydrogen) atoms. The number of nitrogens with zero attached hydrogens (tertiary/aromatic N) is 6. The number of primary amides is 1. The molecule has 1 saturated carbocycles. The predicted molar refractivity (Wildman–Crippen MR) is 85.5 cm³/mol. The number of thioether (sulfide) groups is 1. The van der Waals surface area contributed by atoms with Crippen molar-refractivity contribution in [3.63, 3.8) is 0 Å². The third-order valence-corrected chi connectivity index (χ3v) is 3.76. The van der Waals surface area contributed by atoms with E-state index in [4.69, 9.17) is 5.73 Å². The van der Waals surface area contributed by atoms with Gasteiger partial charge in [-0.3, -0.25) is 4.79 Å². The summed E-state index contributed by atoms with van der Waals surface area (Å²) in [5.41, 5.74) is 5.11. The van der Waals surface area contributed by atoms with E-state index < -0.39 is 5.91 Å². The van der Waals surface area contributed by atoms with Crippen LogP contribution in [0.15, 0.2) is 11.5 Å². The Bertz CT molecular complexity index is 700. The Morgan fingerprint density at radius 3 is 2.87 bits per heavy atom. The second-order valence-corrected chi connectivity index (χ2v) is 5.90. The van der Waals surface area contributed by atoms with Crippen molar-refractivity contribution in [2.75, 3.05) is 22.9 Å². The summed E-state index contributed by atoms with van der Waals surface area (Å²) in [6, 6.07) is 0.428. The molecule has 10 nitrogen and oxygen atoms in total. The van der Waals surface area contributed by atoms with Crippen LogP contribution in [-0.4, -0.2) is 54.0 Å². The Balaban J connectivity index is 1.82. The van der Waals surface area contributed by atoms with Crippen molar-refractivity contribution in [3.05, 3.63) is 6.33 Å². The highest BCUT2D eigenvalue weighted by atomic mass is 32.2. The number of rotatable bonds is 8. The van der Waals surface area contributed by atoms with E-state index in [1.165, 1.54) is 11.0 Å². The summed E-state index contributed by atoms with van der Waals surface area (Å²) in [5.74, 6) is 1.05. The molecule has 4 N–H and O–H groups in total. The maximum Gasteiger partial charge on any atom is 0.258 e. The second kappa shape index (κ2) is 6.77. The lowest BCUT2D eigenvalue weighted by atomic mass is 10.6. The van der Waals surface area contributed by atoms with E-state index in [0.717, 1.165) is 24.6 Å². The fourth-order valence-corrected chi connectivity index (χ4v) is 2.26. The number of carbonyl (C=O) groups excluding carboxylic acids is 1. The van der Waals surface area contributed by atoms with E-state index in [-0.39, 0.29) is 5.75 Å². The molecule has 1 amide bonds. The van der Waals surface area contributed by atoms with Gasteiger partial charge in [0, 0.05) is 12.6 Å². The summed E-state index contributed by atoms with van der Waals surface area (Å²) in [4.78, 5) is 27.9. The maximum absolute atomic E-state index is 10.8. The molecule has 1 aliphatic rings. The first-order chi connectivity index (χ1) is 11.1. The maximum atomic E-state index is 10.8. The monoisotopic (exact) mass is 335 g/mol. The number of aromatic nitrogens is 6. The molecule has 0 bridgehead atoms. The van der Waals surface area contributed by atoms with Gasteiger partial charge in [0.2, 0.25) is 23.0 Å². The number of amides is 1. The largest absolute Gasteiger partial charge is 0.369 e. The molecule has 2 aromatic heterocycles. The molecule has 0 spiro atoms. The van der Waals surface area contributed by atoms with E-state index in [1.807, 2.05) is 6.92 Å². The Hall–Kier alpha value is -2.43. The lowest BCUT2D eigenvalue weighted by molar-refractivity contribution is -0.115. The Morgan fingerprint density at radius 2 is 2.17 bits per heavy atom. The molecule has 0 aromatic carbocycles. The quantitative estimate of drug-likeness (QED) is 0.571.